The summed E-state index contributed by atoms with van der Waals surface area (Å²) in [6, 6.07) is 13.3. The fourth-order valence-corrected chi connectivity index (χ4v) is 3.02. The smallest absolute Gasteiger partial charge is 0.376 e. The van der Waals surface area contributed by atoms with E-state index in [4.69, 9.17) is 5.11 Å². The van der Waals surface area contributed by atoms with Crippen LogP contribution in [0.1, 0.15) is 22.3 Å². The second-order valence-corrected chi connectivity index (χ2v) is 6.79. The maximum absolute atomic E-state index is 14.1. The van der Waals surface area contributed by atoms with Crippen LogP contribution in [0.15, 0.2) is 71.7 Å². The minimum Gasteiger partial charge on any atom is -0.507 e. The third-order valence-electron chi connectivity index (χ3n) is 4.50. The molecule has 1 heterocycles. The van der Waals surface area contributed by atoms with Crippen molar-refractivity contribution in [2.24, 2.45) is 0 Å². The van der Waals surface area contributed by atoms with Crippen LogP contribution < -0.4 is 5.56 Å². The standard InChI is InChI=1S/C23H17F2NO5/c24-17-7-6-16(19(25)10-17)8-15-9-18(20(27)11-21(28)23(30)31)22(29)26(13-15)12-14-4-2-1-3-5-14/h1-7,9-11,13,27H,8,12H2,(H,30,31)/b20-11-. The Morgan fingerprint density at radius 3 is 2.32 bits per heavy atom. The molecule has 3 rings (SSSR count). The van der Waals surface area contributed by atoms with Gasteiger partial charge in [0.2, 0.25) is 0 Å². The van der Waals surface area contributed by atoms with Gasteiger partial charge in [-0.15, -0.1) is 0 Å². The predicted molar refractivity (Wildman–Crippen MR) is 109 cm³/mol. The first-order chi connectivity index (χ1) is 14.7. The van der Waals surface area contributed by atoms with Crippen LogP contribution >= 0.6 is 0 Å². The summed E-state index contributed by atoms with van der Waals surface area (Å²) < 4.78 is 28.6. The Morgan fingerprint density at radius 2 is 1.68 bits per heavy atom. The number of aliphatic carboxylic acids is 1. The number of benzene rings is 2. The molecule has 2 N–H and O–H groups in total. The van der Waals surface area contributed by atoms with Crippen LogP contribution in [-0.4, -0.2) is 26.5 Å². The number of nitrogens with zero attached hydrogens (tertiary/aromatic N) is 1. The fourth-order valence-electron chi connectivity index (χ4n) is 3.02. The highest BCUT2D eigenvalue weighted by Crippen LogP contribution is 2.17. The first-order valence-corrected chi connectivity index (χ1v) is 9.14. The predicted octanol–water partition coefficient (Wildman–Crippen LogP) is 3.32. The zero-order valence-corrected chi connectivity index (χ0v) is 16.1. The highest BCUT2D eigenvalue weighted by molar-refractivity contribution is 6.38. The summed E-state index contributed by atoms with van der Waals surface area (Å²) in [7, 11) is 0. The Bertz CT molecular complexity index is 1230. The van der Waals surface area contributed by atoms with Gasteiger partial charge in [0.15, 0.2) is 0 Å². The summed E-state index contributed by atoms with van der Waals surface area (Å²) in [4.78, 5) is 35.1. The Hall–Kier alpha value is -4.07. The number of hydrogen-bond acceptors (Lipinski definition) is 4. The lowest BCUT2D eigenvalue weighted by molar-refractivity contribution is -0.146. The van der Waals surface area contributed by atoms with E-state index in [1.165, 1.54) is 22.9 Å². The Balaban J connectivity index is 2.09. The van der Waals surface area contributed by atoms with Crippen LogP contribution in [0.5, 0.6) is 0 Å². The first kappa shape index (κ1) is 21.6. The second kappa shape index (κ2) is 9.17. The highest BCUT2D eigenvalue weighted by Gasteiger charge is 2.16. The van der Waals surface area contributed by atoms with Gasteiger partial charge in [-0.25, -0.2) is 13.6 Å². The molecular formula is C23H17F2NO5. The molecule has 31 heavy (non-hydrogen) atoms. The second-order valence-electron chi connectivity index (χ2n) is 6.79. The van der Waals surface area contributed by atoms with Crippen molar-refractivity contribution in [2.45, 2.75) is 13.0 Å². The van der Waals surface area contributed by atoms with Gasteiger partial charge in [0.05, 0.1) is 12.1 Å². The van der Waals surface area contributed by atoms with Gasteiger partial charge in [-0.3, -0.25) is 9.59 Å². The molecule has 158 valence electrons. The molecule has 0 unspecified atom stereocenters. The molecule has 0 fully saturated rings. The van der Waals surface area contributed by atoms with Crippen LogP contribution in [0.3, 0.4) is 0 Å². The fraction of sp³-hybridized carbons (Fsp3) is 0.0870. The van der Waals surface area contributed by atoms with E-state index in [-0.39, 0.29) is 24.1 Å². The number of carbonyl (C=O) groups is 2. The quantitative estimate of drug-likeness (QED) is 0.344. The Morgan fingerprint density at radius 1 is 0.968 bits per heavy atom. The molecule has 0 bridgehead atoms. The van der Waals surface area contributed by atoms with E-state index in [2.05, 4.69) is 0 Å². The van der Waals surface area contributed by atoms with Crippen molar-refractivity contribution in [3.63, 3.8) is 0 Å². The van der Waals surface area contributed by atoms with Gasteiger partial charge in [0.25, 0.3) is 11.3 Å². The monoisotopic (exact) mass is 425 g/mol. The molecular weight excluding hydrogens is 408 g/mol. The number of aliphatic hydroxyl groups is 1. The van der Waals surface area contributed by atoms with E-state index < -0.39 is 34.7 Å². The van der Waals surface area contributed by atoms with Crippen LogP contribution in [-0.2, 0) is 22.6 Å². The van der Waals surface area contributed by atoms with E-state index in [0.717, 1.165) is 17.7 Å². The normalized spacial score (nSPS) is 11.4. The van der Waals surface area contributed by atoms with E-state index in [0.29, 0.717) is 11.6 Å². The Labute approximate surface area is 175 Å². The van der Waals surface area contributed by atoms with Gasteiger partial charge in [-0.1, -0.05) is 36.4 Å². The van der Waals surface area contributed by atoms with Crippen molar-refractivity contribution in [1.29, 1.82) is 0 Å². The zero-order chi connectivity index (χ0) is 22.5. The lowest BCUT2D eigenvalue weighted by Gasteiger charge is -2.12. The molecule has 1 aromatic heterocycles. The summed E-state index contributed by atoms with van der Waals surface area (Å²) in [5.74, 6) is -5.52. The average Bonchev–Trinajstić information content (AvgIpc) is 2.72. The lowest BCUT2D eigenvalue weighted by Crippen LogP contribution is -2.25. The van der Waals surface area contributed by atoms with Gasteiger partial charge in [-0.2, -0.15) is 0 Å². The number of halogens is 2. The number of rotatable bonds is 7. The van der Waals surface area contributed by atoms with Crippen molar-refractivity contribution < 1.29 is 28.6 Å². The van der Waals surface area contributed by atoms with Crippen LogP contribution in [0.2, 0.25) is 0 Å². The van der Waals surface area contributed by atoms with Crippen LogP contribution in [0, 0.1) is 11.6 Å². The molecule has 0 aliphatic carbocycles. The van der Waals surface area contributed by atoms with Crippen molar-refractivity contribution in [2.75, 3.05) is 0 Å². The lowest BCUT2D eigenvalue weighted by atomic mass is 10.0. The zero-order valence-electron chi connectivity index (χ0n) is 16.1. The number of carboxylic acid groups (broad SMARTS) is 1. The third-order valence-corrected chi connectivity index (χ3v) is 4.50. The Kier molecular flexibility index (Phi) is 6.40. The van der Waals surface area contributed by atoms with Gasteiger partial charge in [0.1, 0.15) is 17.4 Å². The summed E-state index contributed by atoms with van der Waals surface area (Å²) >= 11 is 0. The summed E-state index contributed by atoms with van der Waals surface area (Å²) in [5, 5.41) is 19.0. The molecule has 0 amide bonds. The number of pyridine rings is 1. The summed E-state index contributed by atoms with van der Waals surface area (Å²) in [6.45, 7) is 0.118. The molecule has 0 aliphatic heterocycles. The van der Waals surface area contributed by atoms with Crippen LogP contribution in [0.4, 0.5) is 8.78 Å². The van der Waals surface area contributed by atoms with Crippen molar-refractivity contribution >= 4 is 17.5 Å². The minimum atomic E-state index is -1.79. The van der Waals surface area contributed by atoms with E-state index in [9.17, 15) is 28.3 Å². The van der Waals surface area contributed by atoms with Gasteiger partial charge in [0, 0.05) is 24.8 Å². The molecule has 0 saturated heterocycles. The minimum absolute atomic E-state index is 0.0334. The molecule has 0 spiro atoms. The number of carboxylic acids is 1. The SMILES string of the molecule is O=C(O)C(=O)/C=C(\O)c1cc(Cc2ccc(F)cc2F)cn(Cc2ccccc2)c1=O. The molecule has 6 nitrogen and oxygen atoms in total. The maximum Gasteiger partial charge on any atom is 0.376 e. The molecule has 0 atom stereocenters. The van der Waals surface area contributed by atoms with Crippen molar-refractivity contribution in [1.82, 2.24) is 4.57 Å². The first-order valence-electron chi connectivity index (χ1n) is 9.14. The largest absolute Gasteiger partial charge is 0.507 e. The number of ketones is 1. The van der Waals surface area contributed by atoms with Gasteiger partial charge < -0.3 is 14.8 Å². The number of aliphatic hydroxyl groups excluding tert-OH is 1. The maximum atomic E-state index is 14.1. The van der Waals surface area contributed by atoms with E-state index in [1.807, 2.05) is 0 Å². The van der Waals surface area contributed by atoms with E-state index in [1.54, 1.807) is 30.3 Å². The molecule has 0 aliphatic rings. The molecule has 8 heteroatoms. The number of hydrogen-bond donors (Lipinski definition) is 2. The summed E-state index contributed by atoms with van der Waals surface area (Å²) in [6.07, 6.45) is 1.87. The third kappa shape index (κ3) is 5.30. The van der Waals surface area contributed by atoms with Gasteiger partial charge >= 0.3 is 5.97 Å². The summed E-state index contributed by atoms with van der Waals surface area (Å²) in [5.41, 5.74) is 0.330. The molecule has 0 saturated carbocycles. The topological polar surface area (TPSA) is 96.6 Å². The highest BCUT2D eigenvalue weighted by atomic mass is 19.1. The molecule has 0 radical (unpaired) electrons. The van der Waals surface area contributed by atoms with E-state index >= 15 is 0 Å². The number of aromatic nitrogens is 1. The molecule has 2 aromatic carbocycles. The molecule has 3 aromatic rings. The van der Waals surface area contributed by atoms with Crippen LogP contribution in [0.25, 0.3) is 5.76 Å². The average molecular weight is 425 g/mol. The van der Waals surface area contributed by atoms with Gasteiger partial charge in [-0.05, 0) is 28.8 Å². The number of carbonyl (C=O) groups excluding carboxylic acids is 1. The van der Waals surface area contributed by atoms with Crippen molar-refractivity contribution in [3.8, 4) is 0 Å². The van der Waals surface area contributed by atoms with Crippen molar-refractivity contribution in [3.05, 3.63) is 111 Å².